The first kappa shape index (κ1) is 16.0. The number of halogens is 1. The van der Waals surface area contributed by atoms with E-state index in [1.807, 2.05) is 4.90 Å². The molecule has 0 radical (unpaired) electrons. The SMILES string of the molecule is O=C(C[C@H]1CCC(=O)N(CC2CC2)CC1)Nc1ccccc1F. The minimum Gasteiger partial charge on any atom is -0.342 e. The molecule has 1 aromatic carbocycles. The summed E-state index contributed by atoms with van der Waals surface area (Å²) in [6.07, 6.45) is 4.92. The third kappa shape index (κ3) is 4.53. The number of anilines is 1. The van der Waals surface area contributed by atoms with Crippen LogP contribution in [0.25, 0.3) is 0 Å². The molecule has 0 unspecified atom stereocenters. The first-order chi connectivity index (χ1) is 11.1. The zero-order chi connectivity index (χ0) is 16.2. The molecule has 1 aliphatic heterocycles. The standard InChI is InChI=1S/C18H23FN2O2/c19-15-3-1-2-4-16(15)20-17(22)11-13-7-8-18(23)21(10-9-13)12-14-5-6-14/h1-4,13-14H,5-12H2,(H,20,22)/t13-/m0/s1. The molecule has 1 N–H and O–H groups in total. The van der Waals surface area contributed by atoms with E-state index < -0.39 is 5.82 Å². The lowest BCUT2D eigenvalue weighted by molar-refractivity contribution is -0.131. The molecular weight excluding hydrogens is 295 g/mol. The highest BCUT2D eigenvalue weighted by Gasteiger charge is 2.29. The second-order valence-electron chi connectivity index (χ2n) is 6.71. The summed E-state index contributed by atoms with van der Waals surface area (Å²) in [5, 5.41) is 2.63. The van der Waals surface area contributed by atoms with Gasteiger partial charge in [0.25, 0.3) is 0 Å². The second kappa shape index (κ2) is 7.11. The van der Waals surface area contributed by atoms with Crippen LogP contribution in [0, 0.1) is 17.7 Å². The lowest BCUT2D eigenvalue weighted by Gasteiger charge is -2.20. The van der Waals surface area contributed by atoms with E-state index in [-0.39, 0.29) is 23.4 Å². The molecule has 1 atom stereocenters. The number of nitrogens with one attached hydrogen (secondary N) is 1. The summed E-state index contributed by atoms with van der Waals surface area (Å²) in [5.41, 5.74) is 0.220. The summed E-state index contributed by atoms with van der Waals surface area (Å²) in [7, 11) is 0. The molecule has 23 heavy (non-hydrogen) atoms. The highest BCUT2D eigenvalue weighted by molar-refractivity contribution is 5.91. The molecule has 5 heteroatoms. The van der Waals surface area contributed by atoms with Gasteiger partial charge in [-0.3, -0.25) is 9.59 Å². The Morgan fingerprint density at radius 2 is 1.96 bits per heavy atom. The fourth-order valence-electron chi connectivity index (χ4n) is 3.13. The van der Waals surface area contributed by atoms with Gasteiger partial charge in [0.15, 0.2) is 0 Å². The van der Waals surface area contributed by atoms with E-state index in [9.17, 15) is 14.0 Å². The smallest absolute Gasteiger partial charge is 0.224 e. The molecule has 1 aliphatic carbocycles. The molecule has 2 amide bonds. The molecule has 3 rings (SSSR count). The number of carbonyl (C=O) groups is 2. The minimum atomic E-state index is -0.424. The Bertz CT molecular complexity index is 586. The highest BCUT2D eigenvalue weighted by atomic mass is 19.1. The normalized spacial score (nSPS) is 21.9. The van der Waals surface area contributed by atoms with Crippen LogP contribution in [0.15, 0.2) is 24.3 Å². The van der Waals surface area contributed by atoms with Crippen LogP contribution in [-0.4, -0.2) is 29.8 Å². The number of para-hydroxylation sites is 1. The van der Waals surface area contributed by atoms with Crippen LogP contribution in [0.4, 0.5) is 10.1 Å². The average Bonchev–Trinajstić information content (AvgIpc) is 3.35. The van der Waals surface area contributed by atoms with Crippen molar-refractivity contribution in [3.8, 4) is 0 Å². The van der Waals surface area contributed by atoms with Gasteiger partial charge >= 0.3 is 0 Å². The van der Waals surface area contributed by atoms with Gasteiger partial charge in [-0.15, -0.1) is 0 Å². The molecule has 0 aromatic heterocycles. The maximum Gasteiger partial charge on any atom is 0.224 e. The summed E-state index contributed by atoms with van der Waals surface area (Å²) in [6.45, 7) is 1.62. The second-order valence-corrected chi connectivity index (χ2v) is 6.71. The molecule has 4 nitrogen and oxygen atoms in total. The van der Waals surface area contributed by atoms with Gasteiger partial charge in [-0.25, -0.2) is 4.39 Å². The largest absolute Gasteiger partial charge is 0.342 e. The van der Waals surface area contributed by atoms with Gasteiger partial charge in [-0.2, -0.15) is 0 Å². The van der Waals surface area contributed by atoms with E-state index >= 15 is 0 Å². The van der Waals surface area contributed by atoms with Gasteiger partial charge < -0.3 is 10.2 Å². The molecule has 1 saturated carbocycles. The molecule has 2 aliphatic rings. The number of likely N-dealkylation sites (tertiary alicyclic amines) is 1. The predicted molar refractivity (Wildman–Crippen MR) is 86.3 cm³/mol. The number of hydrogen-bond donors (Lipinski definition) is 1. The van der Waals surface area contributed by atoms with Crippen molar-refractivity contribution in [2.75, 3.05) is 18.4 Å². The average molecular weight is 318 g/mol. The summed E-state index contributed by atoms with van der Waals surface area (Å²) in [5.74, 6) is 0.499. The van der Waals surface area contributed by atoms with Crippen molar-refractivity contribution in [1.29, 1.82) is 0 Å². The Balaban J connectivity index is 1.50. The zero-order valence-electron chi connectivity index (χ0n) is 13.3. The van der Waals surface area contributed by atoms with Gasteiger partial charge in [0.1, 0.15) is 5.82 Å². The van der Waals surface area contributed by atoms with E-state index in [4.69, 9.17) is 0 Å². The maximum atomic E-state index is 13.6. The monoisotopic (exact) mass is 318 g/mol. The Kier molecular flexibility index (Phi) is 4.94. The van der Waals surface area contributed by atoms with Crippen LogP contribution >= 0.6 is 0 Å². The maximum absolute atomic E-state index is 13.6. The van der Waals surface area contributed by atoms with Crippen LogP contribution in [0.2, 0.25) is 0 Å². The summed E-state index contributed by atoms with van der Waals surface area (Å²) in [6, 6.07) is 6.17. The topological polar surface area (TPSA) is 49.4 Å². The van der Waals surface area contributed by atoms with Crippen LogP contribution in [-0.2, 0) is 9.59 Å². The van der Waals surface area contributed by atoms with Crippen molar-refractivity contribution < 1.29 is 14.0 Å². The van der Waals surface area contributed by atoms with Crippen molar-refractivity contribution >= 4 is 17.5 Å². The fourth-order valence-corrected chi connectivity index (χ4v) is 3.13. The fraction of sp³-hybridized carbons (Fsp3) is 0.556. The molecule has 0 bridgehead atoms. The van der Waals surface area contributed by atoms with Crippen molar-refractivity contribution in [3.05, 3.63) is 30.1 Å². The quantitative estimate of drug-likeness (QED) is 0.906. The van der Waals surface area contributed by atoms with E-state index in [2.05, 4.69) is 5.32 Å². The van der Waals surface area contributed by atoms with Gasteiger partial charge in [0.05, 0.1) is 5.69 Å². The number of benzene rings is 1. The lowest BCUT2D eigenvalue weighted by Crippen LogP contribution is -2.32. The number of carbonyl (C=O) groups excluding carboxylic acids is 2. The number of amides is 2. The first-order valence-corrected chi connectivity index (χ1v) is 8.44. The van der Waals surface area contributed by atoms with Gasteiger partial charge in [0, 0.05) is 25.9 Å². The van der Waals surface area contributed by atoms with Gasteiger partial charge in [-0.1, -0.05) is 12.1 Å². The molecule has 124 valence electrons. The molecule has 1 saturated heterocycles. The number of nitrogens with zero attached hydrogens (tertiary/aromatic N) is 1. The summed E-state index contributed by atoms with van der Waals surface area (Å²) in [4.78, 5) is 26.2. The first-order valence-electron chi connectivity index (χ1n) is 8.44. The lowest BCUT2D eigenvalue weighted by atomic mass is 9.96. The Hall–Kier alpha value is -1.91. The summed E-state index contributed by atoms with van der Waals surface area (Å²) >= 11 is 0. The van der Waals surface area contributed by atoms with Crippen molar-refractivity contribution in [2.45, 2.75) is 38.5 Å². The van der Waals surface area contributed by atoms with Crippen LogP contribution in [0.3, 0.4) is 0 Å². The van der Waals surface area contributed by atoms with E-state index in [1.165, 1.54) is 18.9 Å². The van der Waals surface area contributed by atoms with Crippen molar-refractivity contribution in [2.24, 2.45) is 11.8 Å². The Morgan fingerprint density at radius 3 is 2.70 bits per heavy atom. The Labute approximate surface area is 136 Å². The van der Waals surface area contributed by atoms with E-state index in [1.54, 1.807) is 18.2 Å². The van der Waals surface area contributed by atoms with Gasteiger partial charge in [0.2, 0.25) is 11.8 Å². The van der Waals surface area contributed by atoms with Crippen LogP contribution in [0.5, 0.6) is 0 Å². The number of rotatable bonds is 5. The third-order valence-electron chi connectivity index (χ3n) is 4.72. The Morgan fingerprint density at radius 1 is 1.17 bits per heavy atom. The van der Waals surface area contributed by atoms with Gasteiger partial charge in [-0.05, 0) is 49.7 Å². The summed E-state index contributed by atoms with van der Waals surface area (Å²) < 4.78 is 13.6. The molecule has 1 heterocycles. The highest BCUT2D eigenvalue weighted by Crippen LogP contribution is 2.31. The molecule has 0 spiro atoms. The predicted octanol–water partition coefficient (Wildman–Crippen LogP) is 3.19. The third-order valence-corrected chi connectivity index (χ3v) is 4.72. The van der Waals surface area contributed by atoms with Crippen molar-refractivity contribution in [1.82, 2.24) is 4.90 Å². The van der Waals surface area contributed by atoms with E-state index in [0.717, 1.165) is 25.9 Å². The van der Waals surface area contributed by atoms with Crippen molar-refractivity contribution in [3.63, 3.8) is 0 Å². The minimum absolute atomic E-state index is 0.178. The van der Waals surface area contributed by atoms with Crippen LogP contribution < -0.4 is 5.32 Å². The van der Waals surface area contributed by atoms with E-state index in [0.29, 0.717) is 18.8 Å². The number of hydrogen-bond acceptors (Lipinski definition) is 2. The zero-order valence-corrected chi connectivity index (χ0v) is 13.3. The molecule has 2 fully saturated rings. The molecule has 1 aromatic rings. The van der Waals surface area contributed by atoms with Crippen LogP contribution in [0.1, 0.15) is 38.5 Å². The molecular formula is C18H23FN2O2.